The molecule has 0 aromatic carbocycles. The lowest BCUT2D eigenvalue weighted by atomic mass is 9.92. The minimum absolute atomic E-state index is 0.0365. The van der Waals surface area contributed by atoms with E-state index in [1.807, 2.05) is 23.6 Å². The van der Waals surface area contributed by atoms with Gasteiger partial charge < -0.3 is 14.5 Å². The van der Waals surface area contributed by atoms with Gasteiger partial charge in [-0.3, -0.25) is 9.78 Å². The maximum absolute atomic E-state index is 12.6. The normalized spacial score (nSPS) is 24.9. The van der Waals surface area contributed by atoms with Crippen molar-refractivity contribution in [2.24, 2.45) is 5.92 Å². The maximum Gasteiger partial charge on any atom is 0.410 e. The van der Waals surface area contributed by atoms with Crippen LogP contribution in [-0.4, -0.2) is 58.6 Å². The lowest BCUT2D eigenvalue weighted by Crippen LogP contribution is -2.54. The number of carbonyl (C=O) groups excluding carboxylic acids is 2. The highest BCUT2D eigenvalue weighted by molar-refractivity contribution is 5.94. The molecule has 1 aromatic rings. The number of fused-ring (bicyclic) bond motifs is 1. The molecule has 2 fully saturated rings. The average Bonchev–Trinajstić information content (AvgIpc) is 2.77. The van der Waals surface area contributed by atoms with Gasteiger partial charge >= 0.3 is 6.09 Å². The van der Waals surface area contributed by atoms with Gasteiger partial charge in [-0.05, 0) is 38.8 Å². The smallest absolute Gasteiger partial charge is 0.410 e. The molecule has 2 aliphatic rings. The van der Waals surface area contributed by atoms with Crippen molar-refractivity contribution in [3.8, 4) is 0 Å². The van der Waals surface area contributed by atoms with Crippen molar-refractivity contribution < 1.29 is 14.3 Å². The summed E-state index contributed by atoms with van der Waals surface area (Å²) >= 11 is 0. The number of pyridine rings is 1. The summed E-state index contributed by atoms with van der Waals surface area (Å²) in [6.07, 6.45) is 4.71. The fourth-order valence-corrected chi connectivity index (χ4v) is 3.57. The molecule has 0 radical (unpaired) electrons. The third kappa shape index (κ3) is 3.16. The van der Waals surface area contributed by atoms with Gasteiger partial charge in [0, 0.05) is 49.0 Å². The highest BCUT2D eigenvalue weighted by atomic mass is 16.6. The standard InChI is InChI=1S/C17H23N3O3/c1-12(2)20-15-6-10-19(9-5-14(15)11-23-17(20)22)16(21)13-3-7-18-8-4-13/h3-4,7-8,12,14-15H,5-6,9-11H2,1-2H3/t14-,15+/m1/s1. The summed E-state index contributed by atoms with van der Waals surface area (Å²) in [6, 6.07) is 3.75. The Hall–Kier alpha value is -2.11. The Morgan fingerprint density at radius 3 is 2.65 bits per heavy atom. The zero-order chi connectivity index (χ0) is 16.4. The number of aromatic nitrogens is 1. The van der Waals surface area contributed by atoms with Crippen molar-refractivity contribution >= 4 is 12.0 Å². The first-order valence-corrected chi connectivity index (χ1v) is 8.22. The number of carbonyl (C=O) groups is 2. The van der Waals surface area contributed by atoms with Crippen LogP contribution in [0.2, 0.25) is 0 Å². The second kappa shape index (κ2) is 6.56. The molecule has 3 heterocycles. The molecule has 2 amide bonds. The summed E-state index contributed by atoms with van der Waals surface area (Å²) < 4.78 is 5.33. The van der Waals surface area contributed by atoms with Crippen LogP contribution in [0.5, 0.6) is 0 Å². The van der Waals surface area contributed by atoms with Gasteiger partial charge in [0.1, 0.15) is 0 Å². The Balaban J connectivity index is 1.74. The number of hydrogen-bond donors (Lipinski definition) is 0. The van der Waals surface area contributed by atoms with Gasteiger partial charge in [0.25, 0.3) is 5.91 Å². The molecule has 0 saturated carbocycles. The van der Waals surface area contributed by atoms with Gasteiger partial charge in [0.15, 0.2) is 0 Å². The van der Waals surface area contributed by atoms with Crippen molar-refractivity contribution in [3.63, 3.8) is 0 Å². The van der Waals surface area contributed by atoms with Gasteiger partial charge in [0.2, 0.25) is 0 Å². The van der Waals surface area contributed by atoms with E-state index in [4.69, 9.17) is 4.74 Å². The van der Waals surface area contributed by atoms with E-state index in [-0.39, 0.29) is 24.1 Å². The SMILES string of the molecule is CC(C)N1C(=O)OC[C@H]2CCN(C(=O)c3ccncc3)CC[C@@H]21. The molecule has 3 rings (SSSR count). The Morgan fingerprint density at radius 1 is 1.26 bits per heavy atom. The third-order valence-corrected chi connectivity index (χ3v) is 4.77. The van der Waals surface area contributed by atoms with Crippen molar-refractivity contribution in [3.05, 3.63) is 30.1 Å². The van der Waals surface area contributed by atoms with Crippen molar-refractivity contribution in [2.75, 3.05) is 19.7 Å². The molecule has 0 unspecified atom stereocenters. The molecule has 2 saturated heterocycles. The van der Waals surface area contributed by atoms with Gasteiger partial charge in [-0.25, -0.2) is 4.79 Å². The van der Waals surface area contributed by atoms with Crippen LogP contribution in [0.15, 0.2) is 24.5 Å². The summed E-state index contributed by atoms with van der Waals surface area (Å²) in [5.74, 6) is 0.333. The molecule has 0 spiro atoms. The Morgan fingerprint density at radius 2 is 1.96 bits per heavy atom. The lowest BCUT2D eigenvalue weighted by molar-refractivity contribution is -0.00597. The van der Waals surface area contributed by atoms with E-state index < -0.39 is 0 Å². The van der Waals surface area contributed by atoms with Crippen LogP contribution < -0.4 is 0 Å². The molecular formula is C17H23N3O3. The summed E-state index contributed by atoms with van der Waals surface area (Å²) in [5.41, 5.74) is 0.665. The predicted octanol–water partition coefficient (Wildman–Crippen LogP) is 2.16. The van der Waals surface area contributed by atoms with Crippen LogP contribution in [0, 0.1) is 5.92 Å². The molecular weight excluding hydrogens is 294 g/mol. The van der Waals surface area contributed by atoms with E-state index >= 15 is 0 Å². The monoisotopic (exact) mass is 317 g/mol. The van der Waals surface area contributed by atoms with E-state index in [0.29, 0.717) is 31.2 Å². The number of ether oxygens (including phenoxy) is 1. The largest absolute Gasteiger partial charge is 0.449 e. The first-order valence-electron chi connectivity index (χ1n) is 8.22. The molecule has 6 nitrogen and oxygen atoms in total. The summed E-state index contributed by atoms with van der Waals surface area (Å²) in [6.45, 7) is 5.84. The van der Waals surface area contributed by atoms with Gasteiger partial charge in [-0.1, -0.05) is 0 Å². The van der Waals surface area contributed by atoms with Crippen molar-refractivity contribution in [2.45, 2.75) is 38.8 Å². The average molecular weight is 317 g/mol. The van der Waals surface area contributed by atoms with Gasteiger partial charge in [0.05, 0.1) is 6.61 Å². The Labute approximate surface area is 136 Å². The molecule has 124 valence electrons. The molecule has 0 N–H and O–H groups in total. The fourth-order valence-electron chi connectivity index (χ4n) is 3.57. The highest BCUT2D eigenvalue weighted by Gasteiger charge is 2.40. The number of nitrogens with zero attached hydrogens (tertiary/aromatic N) is 3. The Bertz CT molecular complexity index is 576. The fraction of sp³-hybridized carbons (Fsp3) is 0.588. The van der Waals surface area contributed by atoms with Crippen LogP contribution >= 0.6 is 0 Å². The van der Waals surface area contributed by atoms with E-state index in [1.54, 1.807) is 24.5 Å². The van der Waals surface area contributed by atoms with Crippen LogP contribution in [0.3, 0.4) is 0 Å². The summed E-state index contributed by atoms with van der Waals surface area (Å²) in [5, 5.41) is 0. The predicted molar refractivity (Wildman–Crippen MR) is 85.0 cm³/mol. The van der Waals surface area contributed by atoms with E-state index in [9.17, 15) is 9.59 Å². The first kappa shape index (κ1) is 15.8. The van der Waals surface area contributed by atoms with Gasteiger partial charge in [-0.2, -0.15) is 0 Å². The van der Waals surface area contributed by atoms with Crippen LogP contribution in [0.1, 0.15) is 37.0 Å². The van der Waals surface area contributed by atoms with Gasteiger partial charge in [-0.15, -0.1) is 0 Å². The zero-order valence-corrected chi connectivity index (χ0v) is 13.6. The van der Waals surface area contributed by atoms with Crippen molar-refractivity contribution in [1.82, 2.24) is 14.8 Å². The second-order valence-corrected chi connectivity index (χ2v) is 6.51. The third-order valence-electron chi connectivity index (χ3n) is 4.77. The van der Waals surface area contributed by atoms with E-state index in [0.717, 1.165) is 12.8 Å². The topological polar surface area (TPSA) is 62.7 Å². The quantitative estimate of drug-likeness (QED) is 0.838. The molecule has 1 aromatic heterocycles. The zero-order valence-electron chi connectivity index (χ0n) is 13.6. The molecule has 2 atom stereocenters. The number of amides is 2. The second-order valence-electron chi connectivity index (χ2n) is 6.51. The molecule has 0 bridgehead atoms. The summed E-state index contributed by atoms with van der Waals surface area (Å²) in [7, 11) is 0. The number of cyclic esters (lactones) is 1. The molecule has 0 aliphatic carbocycles. The maximum atomic E-state index is 12.6. The number of rotatable bonds is 2. The Kier molecular flexibility index (Phi) is 4.50. The van der Waals surface area contributed by atoms with Crippen molar-refractivity contribution in [1.29, 1.82) is 0 Å². The number of hydrogen-bond acceptors (Lipinski definition) is 4. The minimum atomic E-state index is -0.227. The van der Waals surface area contributed by atoms with E-state index in [1.165, 1.54) is 0 Å². The number of likely N-dealkylation sites (tertiary alicyclic amines) is 1. The minimum Gasteiger partial charge on any atom is -0.449 e. The first-order chi connectivity index (χ1) is 11.1. The van der Waals surface area contributed by atoms with Crippen LogP contribution in [0.25, 0.3) is 0 Å². The van der Waals surface area contributed by atoms with Crippen LogP contribution in [0.4, 0.5) is 4.79 Å². The van der Waals surface area contributed by atoms with E-state index in [2.05, 4.69) is 4.98 Å². The summed E-state index contributed by atoms with van der Waals surface area (Å²) in [4.78, 5) is 32.4. The molecule has 23 heavy (non-hydrogen) atoms. The highest BCUT2D eigenvalue weighted by Crippen LogP contribution is 2.30. The molecule has 6 heteroatoms. The molecule has 2 aliphatic heterocycles. The van der Waals surface area contributed by atoms with Crippen LogP contribution in [-0.2, 0) is 4.74 Å². The lowest BCUT2D eigenvalue weighted by Gasteiger charge is -2.41.